The number of ether oxygens (including phenoxy) is 2. The fourth-order valence-corrected chi connectivity index (χ4v) is 3.67. The van der Waals surface area contributed by atoms with E-state index in [4.69, 9.17) is 25.6 Å². The molecule has 1 amide bonds. The first-order valence-electron chi connectivity index (χ1n) is 9.23. The van der Waals surface area contributed by atoms with E-state index in [9.17, 15) is 4.79 Å². The summed E-state index contributed by atoms with van der Waals surface area (Å²) in [7, 11) is 3.14. The van der Waals surface area contributed by atoms with Crippen molar-refractivity contribution in [3.05, 3.63) is 58.9 Å². The first-order valence-corrected chi connectivity index (χ1v) is 9.61. The Balaban J connectivity index is 1.60. The quantitative estimate of drug-likeness (QED) is 0.617. The molecule has 3 aromatic rings. The second-order valence-corrected chi connectivity index (χ2v) is 7.12. The lowest BCUT2D eigenvalue weighted by molar-refractivity contribution is 0.0706. The van der Waals surface area contributed by atoms with Crippen molar-refractivity contribution in [2.75, 3.05) is 20.8 Å². The summed E-state index contributed by atoms with van der Waals surface area (Å²) in [6.45, 7) is 0.597. The number of aromatic nitrogens is 2. The molecule has 2 heterocycles. The average molecular weight is 414 g/mol. The van der Waals surface area contributed by atoms with Gasteiger partial charge in [-0.25, -0.2) is 0 Å². The monoisotopic (exact) mass is 413 g/mol. The molecule has 7 nitrogen and oxygen atoms in total. The molecule has 8 heteroatoms. The van der Waals surface area contributed by atoms with Crippen LogP contribution in [0.2, 0.25) is 5.02 Å². The van der Waals surface area contributed by atoms with Crippen LogP contribution < -0.4 is 9.47 Å². The highest BCUT2D eigenvalue weighted by molar-refractivity contribution is 6.31. The van der Waals surface area contributed by atoms with Crippen LogP contribution in [0.5, 0.6) is 11.5 Å². The van der Waals surface area contributed by atoms with Crippen LogP contribution in [0, 0.1) is 0 Å². The van der Waals surface area contributed by atoms with Crippen molar-refractivity contribution in [2.45, 2.75) is 18.9 Å². The minimum atomic E-state index is -0.286. The van der Waals surface area contributed by atoms with Gasteiger partial charge in [0.15, 0.2) is 0 Å². The maximum atomic E-state index is 13.2. The fourth-order valence-electron chi connectivity index (χ4n) is 3.50. The summed E-state index contributed by atoms with van der Waals surface area (Å²) in [4.78, 5) is 19.5. The largest absolute Gasteiger partial charge is 0.497 e. The molecule has 4 rings (SSSR count). The molecule has 1 fully saturated rings. The molecule has 0 radical (unpaired) electrons. The normalized spacial score (nSPS) is 16.1. The van der Waals surface area contributed by atoms with Gasteiger partial charge < -0.3 is 18.9 Å². The van der Waals surface area contributed by atoms with Gasteiger partial charge in [-0.15, -0.1) is 0 Å². The molecule has 2 aromatic carbocycles. The van der Waals surface area contributed by atoms with Crippen molar-refractivity contribution < 1.29 is 18.8 Å². The molecule has 0 aliphatic carbocycles. The van der Waals surface area contributed by atoms with E-state index in [2.05, 4.69) is 10.1 Å². The molecule has 0 spiro atoms. The highest BCUT2D eigenvalue weighted by atomic mass is 35.5. The summed E-state index contributed by atoms with van der Waals surface area (Å²) in [6.07, 6.45) is 1.60. The summed E-state index contributed by atoms with van der Waals surface area (Å²) in [6, 6.07) is 12.1. The van der Waals surface area contributed by atoms with E-state index < -0.39 is 0 Å². The van der Waals surface area contributed by atoms with Gasteiger partial charge in [0.25, 0.3) is 5.91 Å². The third kappa shape index (κ3) is 3.78. The SMILES string of the molecule is COc1ccc(-c2noc([C@H]3CCCN3C(=O)c3cc(Cl)ccc3OC)n2)cc1. The number of rotatable bonds is 5. The van der Waals surface area contributed by atoms with Gasteiger partial charge in [-0.3, -0.25) is 4.79 Å². The number of amides is 1. The van der Waals surface area contributed by atoms with E-state index in [1.807, 2.05) is 24.3 Å². The Morgan fingerprint density at radius 1 is 1.17 bits per heavy atom. The van der Waals surface area contributed by atoms with E-state index >= 15 is 0 Å². The zero-order valence-corrected chi connectivity index (χ0v) is 16.8. The Morgan fingerprint density at radius 3 is 2.69 bits per heavy atom. The molecule has 1 aliphatic heterocycles. The van der Waals surface area contributed by atoms with E-state index in [0.717, 1.165) is 24.2 Å². The average Bonchev–Trinajstić information content (AvgIpc) is 3.42. The molecular formula is C21H20ClN3O4. The summed E-state index contributed by atoms with van der Waals surface area (Å²) < 4.78 is 16.0. The van der Waals surface area contributed by atoms with Crippen molar-refractivity contribution in [1.29, 1.82) is 0 Å². The number of nitrogens with zero attached hydrogens (tertiary/aromatic N) is 3. The van der Waals surface area contributed by atoms with Crippen LogP contribution in [0.4, 0.5) is 0 Å². The molecule has 0 unspecified atom stereocenters. The van der Waals surface area contributed by atoms with E-state index in [-0.39, 0.29) is 11.9 Å². The Kier molecular flexibility index (Phi) is 5.40. The lowest BCUT2D eigenvalue weighted by Gasteiger charge is -2.23. The van der Waals surface area contributed by atoms with Crippen molar-refractivity contribution in [3.63, 3.8) is 0 Å². The first-order chi connectivity index (χ1) is 14.1. The van der Waals surface area contributed by atoms with Crippen LogP contribution in [-0.2, 0) is 0 Å². The molecule has 1 aromatic heterocycles. The van der Waals surface area contributed by atoms with Gasteiger partial charge in [0.2, 0.25) is 11.7 Å². The number of carbonyl (C=O) groups excluding carboxylic acids is 1. The Hall–Kier alpha value is -3.06. The third-order valence-corrected chi connectivity index (χ3v) is 5.22. The van der Waals surface area contributed by atoms with Crippen LogP contribution in [0.15, 0.2) is 47.0 Å². The summed E-state index contributed by atoms with van der Waals surface area (Å²) >= 11 is 6.09. The number of carbonyl (C=O) groups is 1. The van der Waals surface area contributed by atoms with Gasteiger partial charge in [-0.2, -0.15) is 4.98 Å². The molecule has 0 bridgehead atoms. The predicted molar refractivity (Wildman–Crippen MR) is 107 cm³/mol. The van der Waals surface area contributed by atoms with Gasteiger partial charge in [-0.1, -0.05) is 16.8 Å². The Bertz CT molecular complexity index is 1020. The number of hydrogen-bond acceptors (Lipinski definition) is 6. The van der Waals surface area contributed by atoms with Crippen LogP contribution in [0.25, 0.3) is 11.4 Å². The Morgan fingerprint density at radius 2 is 1.97 bits per heavy atom. The molecule has 1 saturated heterocycles. The molecule has 29 heavy (non-hydrogen) atoms. The lowest BCUT2D eigenvalue weighted by atomic mass is 10.1. The topological polar surface area (TPSA) is 77.7 Å². The third-order valence-electron chi connectivity index (χ3n) is 4.98. The highest BCUT2D eigenvalue weighted by Crippen LogP contribution is 2.35. The minimum absolute atomic E-state index is 0.170. The van der Waals surface area contributed by atoms with Crippen molar-refractivity contribution in [1.82, 2.24) is 15.0 Å². The van der Waals surface area contributed by atoms with Crippen molar-refractivity contribution in [3.8, 4) is 22.9 Å². The summed E-state index contributed by atoms with van der Waals surface area (Å²) in [5, 5.41) is 4.57. The lowest BCUT2D eigenvalue weighted by Crippen LogP contribution is -2.31. The van der Waals surface area contributed by atoms with E-state index in [0.29, 0.717) is 34.6 Å². The summed E-state index contributed by atoms with van der Waals surface area (Å²) in [5.41, 5.74) is 1.23. The second-order valence-electron chi connectivity index (χ2n) is 6.69. The zero-order valence-electron chi connectivity index (χ0n) is 16.1. The molecule has 150 valence electrons. The number of likely N-dealkylation sites (tertiary alicyclic amines) is 1. The minimum Gasteiger partial charge on any atom is -0.497 e. The number of methoxy groups -OCH3 is 2. The van der Waals surface area contributed by atoms with Crippen LogP contribution in [-0.4, -0.2) is 41.7 Å². The van der Waals surface area contributed by atoms with E-state index in [1.165, 1.54) is 7.11 Å². The molecule has 1 aliphatic rings. The zero-order chi connectivity index (χ0) is 20.4. The Labute approximate surface area is 173 Å². The van der Waals surface area contributed by atoms with Crippen LogP contribution in [0.1, 0.15) is 35.1 Å². The second kappa shape index (κ2) is 8.13. The maximum Gasteiger partial charge on any atom is 0.258 e. The van der Waals surface area contributed by atoms with Crippen molar-refractivity contribution in [2.24, 2.45) is 0 Å². The smallest absolute Gasteiger partial charge is 0.258 e. The number of halogens is 1. The molecule has 0 N–H and O–H groups in total. The van der Waals surface area contributed by atoms with Gasteiger partial charge in [0.05, 0.1) is 19.8 Å². The van der Waals surface area contributed by atoms with Crippen LogP contribution in [0.3, 0.4) is 0 Å². The maximum absolute atomic E-state index is 13.2. The predicted octanol–water partition coefficient (Wildman–Crippen LogP) is 4.38. The molecular weight excluding hydrogens is 394 g/mol. The van der Waals surface area contributed by atoms with Gasteiger partial charge >= 0.3 is 0 Å². The fraction of sp³-hybridized carbons (Fsp3) is 0.286. The standard InChI is InChI=1S/C21H20ClN3O4/c1-27-15-8-5-13(6-9-15)19-23-20(29-24-19)17-4-3-11-25(17)21(26)16-12-14(22)7-10-18(16)28-2/h5-10,12,17H,3-4,11H2,1-2H3/t17-/m1/s1. The highest BCUT2D eigenvalue weighted by Gasteiger charge is 2.35. The van der Waals surface area contributed by atoms with Gasteiger partial charge in [-0.05, 0) is 55.3 Å². The number of hydrogen-bond donors (Lipinski definition) is 0. The first kappa shape index (κ1) is 19.3. The molecule has 0 saturated carbocycles. The van der Waals surface area contributed by atoms with E-state index in [1.54, 1.807) is 30.2 Å². The van der Waals surface area contributed by atoms with Gasteiger partial charge in [0.1, 0.15) is 17.5 Å². The van der Waals surface area contributed by atoms with Crippen molar-refractivity contribution >= 4 is 17.5 Å². The van der Waals surface area contributed by atoms with Crippen LogP contribution >= 0.6 is 11.6 Å². The number of benzene rings is 2. The molecule has 1 atom stereocenters. The van der Waals surface area contributed by atoms with Gasteiger partial charge in [0, 0.05) is 17.1 Å². The summed E-state index contributed by atoms with van der Waals surface area (Å²) in [5.74, 6) is 1.95.